The SMILES string of the molecule is Cc1ccc(S(=O)(=O)N2CC3CCCC(N)C3C2)c(Br)c1.Cl. The lowest BCUT2D eigenvalue weighted by atomic mass is 9.78. The molecule has 3 atom stereocenters. The Balaban J connectivity index is 0.00000176. The van der Waals surface area contributed by atoms with Crippen molar-refractivity contribution in [1.82, 2.24) is 4.31 Å². The van der Waals surface area contributed by atoms with Gasteiger partial charge in [0.25, 0.3) is 0 Å². The number of rotatable bonds is 2. The fourth-order valence-corrected chi connectivity index (χ4v) is 6.31. The van der Waals surface area contributed by atoms with Gasteiger partial charge in [0.15, 0.2) is 0 Å². The van der Waals surface area contributed by atoms with Gasteiger partial charge in [0.1, 0.15) is 0 Å². The van der Waals surface area contributed by atoms with E-state index in [0.29, 0.717) is 34.3 Å². The van der Waals surface area contributed by atoms with Crippen LogP contribution in [0.4, 0.5) is 0 Å². The molecule has 2 fully saturated rings. The average molecular weight is 410 g/mol. The van der Waals surface area contributed by atoms with E-state index in [9.17, 15) is 8.42 Å². The number of benzene rings is 1. The quantitative estimate of drug-likeness (QED) is 0.817. The zero-order chi connectivity index (χ0) is 15.2. The van der Waals surface area contributed by atoms with Crippen LogP contribution >= 0.6 is 28.3 Å². The number of aryl methyl sites for hydroxylation is 1. The summed E-state index contributed by atoms with van der Waals surface area (Å²) < 4.78 is 28.0. The van der Waals surface area contributed by atoms with E-state index in [2.05, 4.69) is 15.9 Å². The van der Waals surface area contributed by atoms with Crippen LogP contribution < -0.4 is 5.73 Å². The van der Waals surface area contributed by atoms with Crippen molar-refractivity contribution >= 4 is 38.4 Å². The molecule has 0 bridgehead atoms. The zero-order valence-electron chi connectivity index (χ0n) is 12.5. The van der Waals surface area contributed by atoms with Gasteiger partial charge in [-0.25, -0.2) is 8.42 Å². The summed E-state index contributed by atoms with van der Waals surface area (Å²) in [6.07, 6.45) is 3.23. The Bertz CT molecular complexity index is 653. The molecule has 1 aliphatic heterocycles. The lowest BCUT2D eigenvalue weighted by molar-refractivity contribution is 0.260. The van der Waals surface area contributed by atoms with Crippen LogP contribution in [0.15, 0.2) is 27.6 Å². The molecule has 0 aromatic heterocycles. The molecule has 0 amide bonds. The van der Waals surface area contributed by atoms with Crippen LogP contribution in [0.3, 0.4) is 0 Å². The van der Waals surface area contributed by atoms with Crippen molar-refractivity contribution in [2.24, 2.45) is 17.6 Å². The van der Waals surface area contributed by atoms with Gasteiger partial charge in [-0.1, -0.05) is 12.5 Å². The van der Waals surface area contributed by atoms with Crippen molar-refractivity contribution in [3.05, 3.63) is 28.2 Å². The summed E-state index contributed by atoms with van der Waals surface area (Å²) in [7, 11) is -3.44. The predicted molar refractivity (Wildman–Crippen MR) is 93.7 cm³/mol. The lowest BCUT2D eigenvalue weighted by Gasteiger charge is -2.29. The third kappa shape index (κ3) is 3.22. The zero-order valence-corrected chi connectivity index (χ0v) is 15.8. The molecule has 1 saturated heterocycles. The molecule has 7 heteroatoms. The van der Waals surface area contributed by atoms with Gasteiger partial charge in [-0.3, -0.25) is 0 Å². The maximum atomic E-state index is 12.9. The molecule has 1 aliphatic carbocycles. The molecule has 3 unspecified atom stereocenters. The van der Waals surface area contributed by atoms with E-state index < -0.39 is 10.0 Å². The minimum atomic E-state index is -3.44. The smallest absolute Gasteiger partial charge is 0.244 e. The van der Waals surface area contributed by atoms with Crippen LogP contribution in [0.5, 0.6) is 0 Å². The molecule has 2 N–H and O–H groups in total. The van der Waals surface area contributed by atoms with E-state index in [0.717, 1.165) is 24.8 Å². The Morgan fingerprint density at radius 3 is 2.64 bits per heavy atom. The normalized spacial score (nSPS) is 29.0. The lowest BCUT2D eigenvalue weighted by Crippen LogP contribution is -2.38. The van der Waals surface area contributed by atoms with Gasteiger partial charge in [0, 0.05) is 23.6 Å². The number of hydrogen-bond acceptors (Lipinski definition) is 3. The maximum Gasteiger partial charge on any atom is 0.244 e. The highest BCUT2D eigenvalue weighted by molar-refractivity contribution is 9.10. The highest BCUT2D eigenvalue weighted by atomic mass is 79.9. The molecule has 1 heterocycles. The van der Waals surface area contributed by atoms with E-state index in [1.54, 1.807) is 10.4 Å². The molecule has 22 heavy (non-hydrogen) atoms. The third-order valence-corrected chi connectivity index (χ3v) is 7.63. The minimum absolute atomic E-state index is 0. The summed E-state index contributed by atoms with van der Waals surface area (Å²) >= 11 is 3.39. The van der Waals surface area contributed by atoms with E-state index in [1.165, 1.54) is 0 Å². The van der Waals surface area contributed by atoms with E-state index in [4.69, 9.17) is 5.73 Å². The van der Waals surface area contributed by atoms with Crippen LogP contribution in [0, 0.1) is 18.8 Å². The first-order valence-corrected chi connectivity index (χ1v) is 9.65. The van der Waals surface area contributed by atoms with Crippen molar-refractivity contribution in [1.29, 1.82) is 0 Å². The molecular formula is C15H22BrClN2O2S. The van der Waals surface area contributed by atoms with E-state index in [1.807, 2.05) is 19.1 Å². The average Bonchev–Trinajstić information content (AvgIpc) is 2.84. The second-order valence-electron chi connectivity index (χ2n) is 6.27. The summed E-state index contributed by atoms with van der Waals surface area (Å²) in [4.78, 5) is 0.361. The van der Waals surface area contributed by atoms with Gasteiger partial charge in [-0.15, -0.1) is 12.4 Å². The van der Waals surface area contributed by atoms with Gasteiger partial charge >= 0.3 is 0 Å². The Kier molecular flexibility index (Phi) is 5.60. The minimum Gasteiger partial charge on any atom is -0.327 e. The standard InChI is InChI=1S/C15H21BrN2O2S.ClH/c1-10-5-6-15(13(16)7-10)21(19,20)18-8-11-3-2-4-14(17)12(11)9-18;/h5-7,11-12,14H,2-4,8-9,17H2,1H3;1H. The first kappa shape index (κ1) is 18.2. The van der Waals surface area contributed by atoms with Crippen molar-refractivity contribution in [2.75, 3.05) is 13.1 Å². The maximum absolute atomic E-state index is 12.9. The predicted octanol–water partition coefficient (Wildman–Crippen LogP) is 2.93. The highest BCUT2D eigenvalue weighted by Gasteiger charge is 2.43. The number of fused-ring (bicyclic) bond motifs is 1. The van der Waals surface area contributed by atoms with Crippen LogP contribution in [-0.4, -0.2) is 31.9 Å². The number of nitrogens with two attached hydrogens (primary N) is 1. The molecular weight excluding hydrogens is 388 g/mol. The van der Waals surface area contributed by atoms with Gasteiger partial charge in [0.05, 0.1) is 4.90 Å². The fraction of sp³-hybridized carbons (Fsp3) is 0.600. The summed E-state index contributed by atoms with van der Waals surface area (Å²) in [5.74, 6) is 0.741. The van der Waals surface area contributed by atoms with Gasteiger partial charge in [0.2, 0.25) is 10.0 Å². The fourth-order valence-electron chi connectivity index (χ4n) is 3.63. The first-order chi connectivity index (χ1) is 9.89. The van der Waals surface area contributed by atoms with Crippen molar-refractivity contribution < 1.29 is 8.42 Å². The number of nitrogens with zero attached hydrogens (tertiary/aromatic N) is 1. The monoisotopic (exact) mass is 408 g/mol. The summed E-state index contributed by atoms with van der Waals surface area (Å²) in [6.45, 7) is 3.13. The Labute approximate surface area is 147 Å². The number of sulfonamides is 1. The van der Waals surface area contributed by atoms with Crippen LogP contribution in [0.2, 0.25) is 0 Å². The molecule has 1 aromatic carbocycles. The number of hydrogen-bond donors (Lipinski definition) is 1. The summed E-state index contributed by atoms with van der Waals surface area (Å²) in [5.41, 5.74) is 7.22. The molecule has 4 nitrogen and oxygen atoms in total. The summed E-state index contributed by atoms with van der Waals surface area (Å²) in [6, 6.07) is 5.52. The molecule has 2 aliphatic rings. The molecule has 0 spiro atoms. The molecule has 124 valence electrons. The van der Waals surface area contributed by atoms with Crippen LogP contribution in [0.25, 0.3) is 0 Å². The number of halogens is 2. The van der Waals surface area contributed by atoms with Gasteiger partial charge in [-0.05, 0) is 65.2 Å². The molecule has 1 saturated carbocycles. The van der Waals surface area contributed by atoms with Gasteiger partial charge < -0.3 is 5.73 Å². The molecule has 0 radical (unpaired) electrons. The third-order valence-electron chi connectivity index (χ3n) is 4.83. The van der Waals surface area contributed by atoms with Crippen LogP contribution in [-0.2, 0) is 10.0 Å². The van der Waals surface area contributed by atoms with Crippen molar-refractivity contribution in [3.63, 3.8) is 0 Å². The largest absolute Gasteiger partial charge is 0.327 e. The topological polar surface area (TPSA) is 63.4 Å². The van der Waals surface area contributed by atoms with Gasteiger partial charge in [-0.2, -0.15) is 4.31 Å². The second kappa shape index (κ2) is 6.77. The van der Waals surface area contributed by atoms with E-state index >= 15 is 0 Å². The van der Waals surface area contributed by atoms with Crippen LogP contribution in [0.1, 0.15) is 24.8 Å². The Hall–Kier alpha value is -0.140. The second-order valence-corrected chi connectivity index (χ2v) is 9.04. The summed E-state index contributed by atoms with van der Waals surface area (Å²) in [5, 5.41) is 0. The van der Waals surface area contributed by atoms with Crippen molar-refractivity contribution in [2.45, 2.75) is 37.1 Å². The Morgan fingerprint density at radius 2 is 2.00 bits per heavy atom. The molecule has 1 aromatic rings. The molecule has 3 rings (SSSR count). The Morgan fingerprint density at radius 1 is 1.27 bits per heavy atom. The van der Waals surface area contributed by atoms with E-state index in [-0.39, 0.29) is 18.4 Å². The highest BCUT2D eigenvalue weighted by Crippen LogP contribution is 2.38. The first-order valence-electron chi connectivity index (χ1n) is 7.41. The van der Waals surface area contributed by atoms with Crippen molar-refractivity contribution in [3.8, 4) is 0 Å².